The molecule has 1 fully saturated rings. The first-order valence-corrected chi connectivity index (χ1v) is 15.2. The van der Waals surface area contributed by atoms with Crippen molar-refractivity contribution in [2.24, 2.45) is 0 Å². The molecular formula is C19H37NSi2. The quantitative estimate of drug-likeness (QED) is 0.625. The summed E-state index contributed by atoms with van der Waals surface area (Å²) in [6.07, 6.45) is 13.2. The van der Waals surface area contributed by atoms with Crippen LogP contribution in [0.25, 0.3) is 0 Å². The first-order chi connectivity index (χ1) is 10.1. The van der Waals surface area contributed by atoms with Crippen LogP contribution in [-0.2, 0) is 0 Å². The van der Waals surface area contributed by atoms with Crippen molar-refractivity contribution in [1.82, 2.24) is 4.98 Å². The zero-order valence-electron chi connectivity index (χ0n) is 16.0. The van der Waals surface area contributed by atoms with Crippen molar-refractivity contribution in [3.63, 3.8) is 0 Å². The first kappa shape index (κ1) is 18.2. The molecule has 0 aromatic rings. The van der Waals surface area contributed by atoms with Gasteiger partial charge in [-0.2, -0.15) is 0 Å². The van der Waals surface area contributed by atoms with Gasteiger partial charge in [0.25, 0.3) is 0 Å². The minimum absolute atomic E-state index is 0.428. The van der Waals surface area contributed by atoms with E-state index in [4.69, 9.17) is 0 Å². The number of hydrogen-bond acceptors (Lipinski definition) is 1. The van der Waals surface area contributed by atoms with Crippen LogP contribution < -0.4 is 4.98 Å². The molecule has 0 aliphatic heterocycles. The third-order valence-corrected chi connectivity index (χ3v) is 15.3. The predicted octanol–water partition coefficient (Wildman–Crippen LogP) is 5.96. The highest BCUT2D eigenvalue weighted by Crippen LogP contribution is 2.45. The SMILES string of the molecule is CC(C)(C)[Si](C)(C)C1=C([Si](C)(C)NC2CCCCC2)CC=C1. The molecule has 2 aliphatic rings. The molecule has 0 aromatic carbocycles. The molecule has 126 valence electrons. The lowest BCUT2D eigenvalue weighted by molar-refractivity contribution is 0.414. The van der Waals surface area contributed by atoms with Gasteiger partial charge in [0, 0.05) is 6.04 Å². The van der Waals surface area contributed by atoms with Gasteiger partial charge >= 0.3 is 0 Å². The first-order valence-electron chi connectivity index (χ1n) is 9.24. The van der Waals surface area contributed by atoms with Gasteiger partial charge in [-0.3, -0.25) is 0 Å². The van der Waals surface area contributed by atoms with Gasteiger partial charge in [0.2, 0.25) is 0 Å². The van der Waals surface area contributed by atoms with E-state index in [0.29, 0.717) is 5.04 Å². The molecule has 0 spiro atoms. The van der Waals surface area contributed by atoms with E-state index in [2.05, 4.69) is 64.1 Å². The molecule has 0 heterocycles. The number of rotatable bonds is 4. The molecule has 2 aliphatic carbocycles. The van der Waals surface area contributed by atoms with Crippen molar-refractivity contribution < 1.29 is 0 Å². The highest BCUT2D eigenvalue weighted by atomic mass is 28.3. The summed E-state index contributed by atoms with van der Waals surface area (Å²) < 4.78 is 0. The maximum atomic E-state index is 4.15. The molecule has 0 unspecified atom stereocenters. The van der Waals surface area contributed by atoms with Crippen molar-refractivity contribution >= 4 is 16.3 Å². The topological polar surface area (TPSA) is 12.0 Å². The molecule has 22 heavy (non-hydrogen) atoms. The van der Waals surface area contributed by atoms with Crippen molar-refractivity contribution in [2.75, 3.05) is 0 Å². The van der Waals surface area contributed by atoms with Gasteiger partial charge in [-0.05, 0) is 24.3 Å². The Morgan fingerprint density at radius 2 is 1.59 bits per heavy atom. The summed E-state index contributed by atoms with van der Waals surface area (Å²) in [6.45, 7) is 17.6. The summed E-state index contributed by atoms with van der Waals surface area (Å²) >= 11 is 0. The molecule has 1 saturated carbocycles. The Bertz CT molecular complexity index is 460. The van der Waals surface area contributed by atoms with Crippen molar-refractivity contribution in [2.45, 2.75) is 96.6 Å². The molecule has 0 radical (unpaired) electrons. The average Bonchev–Trinajstić information content (AvgIpc) is 2.88. The monoisotopic (exact) mass is 335 g/mol. The fourth-order valence-corrected chi connectivity index (χ4v) is 10.9. The molecule has 3 heteroatoms. The normalized spacial score (nSPS) is 21.8. The van der Waals surface area contributed by atoms with E-state index in [1.807, 2.05) is 5.20 Å². The van der Waals surface area contributed by atoms with Crippen LogP contribution in [0.5, 0.6) is 0 Å². The van der Waals surface area contributed by atoms with Crippen molar-refractivity contribution in [3.05, 3.63) is 22.5 Å². The second-order valence-electron chi connectivity index (χ2n) is 9.48. The molecule has 0 saturated heterocycles. The smallest absolute Gasteiger partial charge is 0.147 e. The lowest BCUT2D eigenvalue weighted by Gasteiger charge is -2.41. The molecule has 2 rings (SSSR count). The Labute approximate surface area is 140 Å². The van der Waals surface area contributed by atoms with E-state index in [0.717, 1.165) is 6.04 Å². The van der Waals surface area contributed by atoms with Gasteiger partial charge < -0.3 is 4.98 Å². The van der Waals surface area contributed by atoms with Gasteiger partial charge in [-0.1, -0.05) is 88.8 Å². The molecule has 0 atom stereocenters. The summed E-state index contributed by atoms with van der Waals surface area (Å²) in [4.78, 5) is 4.15. The highest BCUT2D eigenvalue weighted by molar-refractivity contribution is 6.91. The van der Waals surface area contributed by atoms with Crippen molar-refractivity contribution in [3.8, 4) is 0 Å². The van der Waals surface area contributed by atoms with E-state index in [1.54, 1.807) is 5.20 Å². The van der Waals surface area contributed by atoms with Gasteiger partial charge in [-0.25, -0.2) is 0 Å². The van der Waals surface area contributed by atoms with Crippen LogP contribution in [0.2, 0.25) is 31.2 Å². The maximum absolute atomic E-state index is 4.15. The molecule has 0 bridgehead atoms. The van der Waals surface area contributed by atoms with E-state index in [9.17, 15) is 0 Å². The zero-order valence-corrected chi connectivity index (χ0v) is 18.0. The van der Waals surface area contributed by atoms with Crippen LogP contribution in [-0.4, -0.2) is 22.4 Å². The molecular weight excluding hydrogens is 298 g/mol. The Hall–Kier alpha value is -0.126. The summed E-state index contributed by atoms with van der Waals surface area (Å²) in [6, 6.07) is 0.782. The Kier molecular flexibility index (Phi) is 5.30. The second-order valence-corrected chi connectivity index (χ2v) is 18.9. The molecule has 0 aromatic heterocycles. The number of allylic oxidation sites excluding steroid dienone is 4. The minimum Gasteiger partial charge on any atom is -0.331 e. The van der Waals surface area contributed by atoms with Gasteiger partial charge in [0.15, 0.2) is 0 Å². The fraction of sp³-hybridized carbons (Fsp3) is 0.789. The van der Waals surface area contributed by atoms with Gasteiger partial charge in [0.05, 0.1) is 8.07 Å². The summed E-state index contributed by atoms with van der Waals surface area (Å²) in [5, 5.41) is 4.00. The molecule has 1 nitrogen and oxygen atoms in total. The van der Waals surface area contributed by atoms with E-state index < -0.39 is 16.3 Å². The van der Waals surface area contributed by atoms with Crippen LogP contribution in [0, 0.1) is 0 Å². The van der Waals surface area contributed by atoms with Crippen LogP contribution in [0.15, 0.2) is 22.5 Å². The van der Waals surface area contributed by atoms with Crippen LogP contribution in [0.4, 0.5) is 0 Å². The lowest BCUT2D eigenvalue weighted by Crippen LogP contribution is -2.54. The summed E-state index contributed by atoms with van der Waals surface area (Å²) in [5.41, 5.74) is 0. The fourth-order valence-electron chi connectivity index (χ4n) is 3.93. The minimum atomic E-state index is -1.51. The number of nitrogens with one attached hydrogen (secondary N) is 1. The Morgan fingerprint density at radius 3 is 2.14 bits per heavy atom. The zero-order chi connectivity index (χ0) is 16.6. The summed E-state index contributed by atoms with van der Waals surface area (Å²) in [7, 11) is -2.93. The van der Waals surface area contributed by atoms with Crippen LogP contribution in [0.3, 0.4) is 0 Å². The van der Waals surface area contributed by atoms with Crippen molar-refractivity contribution in [1.29, 1.82) is 0 Å². The highest BCUT2D eigenvalue weighted by Gasteiger charge is 2.43. The van der Waals surface area contributed by atoms with E-state index >= 15 is 0 Å². The molecule has 0 amide bonds. The van der Waals surface area contributed by atoms with Crippen LogP contribution in [0.1, 0.15) is 59.3 Å². The standard InChI is InChI=1S/C19H37NSi2/c1-19(2,3)21(4,5)17-14-11-15-18(17)22(6,7)20-16-12-9-8-10-13-16/h11,14,16,20H,8-10,12-13,15H2,1-7H3. The molecule has 1 N–H and O–H groups in total. The maximum Gasteiger partial charge on any atom is 0.147 e. The van der Waals surface area contributed by atoms with Gasteiger partial charge in [-0.15, -0.1) is 0 Å². The van der Waals surface area contributed by atoms with Gasteiger partial charge in [0.1, 0.15) is 8.24 Å². The second kappa shape index (κ2) is 6.41. The third-order valence-electron chi connectivity index (χ3n) is 6.40. The lowest BCUT2D eigenvalue weighted by atomic mass is 9.96. The Morgan fingerprint density at radius 1 is 1.00 bits per heavy atom. The summed E-state index contributed by atoms with van der Waals surface area (Å²) in [5.74, 6) is 0. The predicted molar refractivity (Wildman–Crippen MR) is 105 cm³/mol. The van der Waals surface area contributed by atoms with E-state index in [-0.39, 0.29) is 0 Å². The average molecular weight is 336 g/mol. The third kappa shape index (κ3) is 3.68. The number of hydrogen-bond donors (Lipinski definition) is 1. The Balaban J connectivity index is 2.26. The largest absolute Gasteiger partial charge is 0.331 e. The van der Waals surface area contributed by atoms with E-state index in [1.165, 1.54) is 38.5 Å². The van der Waals surface area contributed by atoms with Crippen LogP contribution >= 0.6 is 0 Å².